The summed E-state index contributed by atoms with van der Waals surface area (Å²) >= 11 is 0. The Balaban J connectivity index is 2.12. The summed E-state index contributed by atoms with van der Waals surface area (Å²) in [6.07, 6.45) is 0. The Kier molecular flexibility index (Phi) is 6.61. The van der Waals surface area contributed by atoms with Gasteiger partial charge in [-0.3, -0.25) is 0 Å². The Morgan fingerprint density at radius 1 is 0.559 bits per heavy atom. The Bertz CT molecular complexity index is 1160. The predicted octanol–water partition coefficient (Wildman–Crippen LogP) is 4.89. The maximum Gasteiger partial charge on any atom is 0.864 e. The van der Waals surface area contributed by atoms with E-state index in [1.807, 2.05) is 0 Å². The molecule has 0 bridgehead atoms. The van der Waals surface area contributed by atoms with Crippen LogP contribution in [0.2, 0.25) is 0 Å². The summed E-state index contributed by atoms with van der Waals surface area (Å²) in [5, 5.41) is 9.33. The van der Waals surface area contributed by atoms with Crippen molar-refractivity contribution in [1.82, 2.24) is 0 Å². The number of phenolic OH excluding ortho intramolecular Hbond substituents is 1. The van der Waals surface area contributed by atoms with Crippen molar-refractivity contribution in [2.75, 3.05) is 5.73 Å². The van der Waals surface area contributed by atoms with E-state index < -0.39 is 94.2 Å². The summed E-state index contributed by atoms with van der Waals surface area (Å²) < 4.78 is 150. The summed E-state index contributed by atoms with van der Waals surface area (Å²) in [4.78, 5) is 0. The van der Waals surface area contributed by atoms with Crippen LogP contribution in [-0.2, 0) is 0 Å². The molecule has 0 aromatic heterocycles. The summed E-state index contributed by atoms with van der Waals surface area (Å²) in [6.45, 7) is 0. The van der Waals surface area contributed by atoms with Crippen molar-refractivity contribution < 1.29 is 63.0 Å². The number of hydrogen-bond acceptors (Lipinski definition) is 5. The number of benzene rings is 3. The van der Waals surface area contributed by atoms with Crippen LogP contribution in [0.4, 0.5) is 49.6 Å². The number of nitrogen functional groups attached to an aromatic ring is 1. The lowest BCUT2D eigenvalue weighted by atomic mass is 10.1. The molecule has 0 aliphatic carbocycles. The Morgan fingerprint density at radius 3 is 1.26 bits per heavy atom. The van der Waals surface area contributed by atoms with E-state index in [2.05, 4.69) is 9.31 Å². The lowest BCUT2D eigenvalue weighted by Crippen LogP contribution is -2.38. The van der Waals surface area contributed by atoms with Gasteiger partial charge in [0.1, 0.15) is 11.5 Å². The number of aromatic hydroxyl groups is 1. The van der Waals surface area contributed by atoms with Crippen LogP contribution in [0.1, 0.15) is 0 Å². The van der Waals surface area contributed by atoms with Crippen LogP contribution in [0.25, 0.3) is 0 Å². The van der Waals surface area contributed by atoms with E-state index in [4.69, 9.17) is 10.4 Å². The maximum atomic E-state index is 14.0. The molecule has 3 N–H and O–H groups in total. The first-order valence-corrected chi connectivity index (χ1v) is 8.46. The molecule has 0 spiro atoms. The van der Waals surface area contributed by atoms with E-state index in [1.165, 1.54) is 0 Å². The molecule has 3 aromatic rings. The zero-order valence-electron chi connectivity index (χ0n) is 15.8. The molecule has 0 unspecified atom stereocenters. The van der Waals surface area contributed by atoms with Gasteiger partial charge in [0.05, 0.1) is 5.69 Å². The number of hydrogen-bond donors (Lipinski definition) is 2. The molecule has 34 heavy (non-hydrogen) atoms. The zero-order chi connectivity index (χ0) is 25.5. The topological polar surface area (TPSA) is 73.9 Å². The molecule has 0 amide bonds. The molecule has 5 nitrogen and oxygen atoms in total. The van der Waals surface area contributed by atoms with Gasteiger partial charge in [-0.1, -0.05) is 0 Å². The molecular formula is C18H6BF10NO4. The highest BCUT2D eigenvalue weighted by Crippen LogP contribution is 2.34. The van der Waals surface area contributed by atoms with Gasteiger partial charge >= 0.3 is 7.32 Å². The van der Waals surface area contributed by atoms with E-state index in [0.717, 1.165) is 18.2 Å². The largest absolute Gasteiger partial charge is 0.864 e. The molecule has 0 aliphatic heterocycles. The van der Waals surface area contributed by atoms with Crippen LogP contribution in [-0.4, -0.2) is 12.4 Å². The van der Waals surface area contributed by atoms with Gasteiger partial charge in [-0.2, -0.15) is 17.6 Å². The van der Waals surface area contributed by atoms with Gasteiger partial charge in [0.25, 0.3) is 0 Å². The molecule has 0 aliphatic rings. The van der Waals surface area contributed by atoms with Gasteiger partial charge in [0, 0.05) is 6.07 Å². The first-order chi connectivity index (χ1) is 15.8. The molecule has 180 valence electrons. The number of anilines is 1. The molecule has 0 radical (unpaired) electrons. The first-order valence-electron chi connectivity index (χ1n) is 8.46. The normalized spacial score (nSPS) is 10.9. The number of phenols is 1. The van der Waals surface area contributed by atoms with Crippen LogP contribution in [0.5, 0.6) is 23.0 Å². The third-order valence-electron chi connectivity index (χ3n) is 3.98. The van der Waals surface area contributed by atoms with Gasteiger partial charge in [-0.15, -0.1) is 0 Å². The minimum absolute atomic E-state index is 0.456. The molecule has 0 saturated carbocycles. The minimum atomic E-state index is -2.96. The highest BCUT2D eigenvalue weighted by Gasteiger charge is 2.40. The van der Waals surface area contributed by atoms with E-state index in [9.17, 15) is 49.0 Å². The van der Waals surface area contributed by atoms with Crippen molar-refractivity contribution in [3.63, 3.8) is 0 Å². The summed E-state index contributed by atoms with van der Waals surface area (Å²) in [5.41, 5.74) is 4.99. The Morgan fingerprint density at radius 2 is 0.912 bits per heavy atom. The Hall–Kier alpha value is -3.98. The first kappa shape index (κ1) is 24.7. The van der Waals surface area contributed by atoms with E-state index in [1.54, 1.807) is 0 Å². The fraction of sp³-hybridized carbons (Fsp3) is 0. The van der Waals surface area contributed by atoms with Gasteiger partial charge in [-0.25, -0.2) is 26.3 Å². The number of halogens is 10. The van der Waals surface area contributed by atoms with Crippen LogP contribution < -0.4 is 19.7 Å². The highest BCUT2D eigenvalue weighted by atomic mass is 19.2. The summed E-state index contributed by atoms with van der Waals surface area (Å²) in [5.74, 6) is -30.9. The predicted molar refractivity (Wildman–Crippen MR) is 92.6 cm³/mol. The standard InChI is InChI=1S/C18H6BF10NO4/c20-7-9(22)13(26)17(14(27)10(7)23)33-19(32-6-2-1-4(31)3-5(6)30)34-18-15(28)11(24)8(21)12(25)16(18)29/h1-3,31H,30H2. The van der Waals surface area contributed by atoms with Crippen LogP contribution in [0.15, 0.2) is 18.2 Å². The highest BCUT2D eigenvalue weighted by molar-refractivity contribution is 6.39. The third-order valence-corrected chi connectivity index (χ3v) is 3.98. The minimum Gasteiger partial charge on any atom is -0.508 e. The zero-order valence-corrected chi connectivity index (χ0v) is 15.8. The van der Waals surface area contributed by atoms with E-state index in [0.29, 0.717) is 0 Å². The van der Waals surface area contributed by atoms with Gasteiger partial charge in [-0.05, 0) is 12.1 Å². The molecule has 3 aromatic carbocycles. The molecule has 16 heteroatoms. The fourth-order valence-corrected chi connectivity index (χ4v) is 2.39. The quantitative estimate of drug-likeness (QED) is 0.166. The SMILES string of the molecule is Nc1cc(O)ccc1OB(Oc1c(F)c(F)c(F)c(F)c1F)Oc1c(F)c(F)c(F)c(F)c1F. The molecule has 3 rings (SSSR count). The van der Waals surface area contributed by atoms with Crippen molar-refractivity contribution in [1.29, 1.82) is 0 Å². The van der Waals surface area contributed by atoms with Crippen LogP contribution >= 0.6 is 0 Å². The monoisotopic (exact) mass is 501 g/mol. The van der Waals surface area contributed by atoms with Crippen molar-refractivity contribution in [3.05, 3.63) is 76.4 Å². The summed E-state index contributed by atoms with van der Waals surface area (Å²) in [6, 6.07) is 2.52. The number of nitrogens with two attached hydrogens (primary N) is 1. The third kappa shape index (κ3) is 4.30. The van der Waals surface area contributed by atoms with Crippen LogP contribution in [0.3, 0.4) is 0 Å². The lowest BCUT2D eigenvalue weighted by molar-refractivity contribution is 0.260. The van der Waals surface area contributed by atoms with Crippen LogP contribution in [0, 0.1) is 58.2 Å². The molecule has 0 saturated heterocycles. The Labute approximate surface area is 182 Å². The van der Waals surface area contributed by atoms with Gasteiger partial charge in [0.15, 0.2) is 11.5 Å². The smallest absolute Gasteiger partial charge is 0.508 e. The average molecular weight is 501 g/mol. The molecule has 0 atom stereocenters. The molecular weight excluding hydrogens is 495 g/mol. The fourth-order valence-electron chi connectivity index (χ4n) is 2.39. The van der Waals surface area contributed by atoms with Gasteiger partial charge < -0.3 is 24.8 Å². The van der Waals surface area contributed by atoms with Gasteiger partial charge in [0.2, 0.25) is 58.2 Å². The second-order valence-corrected chi connectivity index (χ2v) is 6.16. The summed E-state index contributed by atoms with van der Waals surface area (Å²) in [7, 11) is -2.96. The second kappa shape index (κ2) is 9.11. The average Bonchev–Trinajstić information content (AvgIpc) is 2.80. The van der Waals surface area contributed by atoms with Crippen molar-refractivity contribution in [3.8, 4) is 23.0 Å². The van der Waals surface area contributed by atoms with E-state index >= 15 is 0 Å². The van der Waals surface area contributed by atoms with Crippen molar-refractivity contribution >= 4 is 13.0 Å². The maximum absolute atomic E-state index is 14.0. The lowest BCUT2D eigenvalue weighted by Gasteiger charge is -2.19. The van der Waals surface area contributed by atoms with Crippen molar-refractivity contribution in [2.24, 2.45) is 0 Å². The second-order valence-electron chi connectivity index (χ2n) is 6.16. The number of rotatable bonds is 6. The van der Waals surface area contributed by atoms with E-state index in [-0.39, 0.29) is 0 Å². The molecule has 0 heterocycles. The molecule has 0 fully saturated rings. The van der Waals surface area contributed by atoms with Crippen molar-refractivity contribution in [2.45, 2.75) is 0 Å².